The molecule has 0 bridgehead atoms. The summed E-state index contributed by atoms with van der Waals surface area (Å²) in [6.45, 7) is 0. The van der Waals surface area contributed by atoms with Gasteiger partial charge in [0.1, 0.15) is 5.82 Å². The number of rotatable bonds is 1. The first kappa shape index (κ1) is 8.32. The van der Waals surface area contributed by atoms with Gasteiger partial charge in [-0.25, -0.2) is 4.98 Å². The van der Waals surface area contributed by atoms with Crippen molar-refractivity contribution in [3.63, 3.8) is 0 Å². The van der Waals surface area contributed by atoms with Crippen molar-refractivity contribution in [2.45, 2.75) is 0 Å². The molecule has 0 atom stereocenters. The molecule has 0 aliphatic heterocycles. The van der Waals surface area contributed by atoms with Crippen molar-refractivity contribution in [2.24, 2.45) is 0 Å². The normalized spacial score (nSPS) is 10.3. The molecule has 13 heavy (non-hydrogen) atoms. The predicted octanol–water partition coefficient (Wildman–Crippen LogP) is 2.93. The maximum Gasteiger partial charge on any atom is 0.133 e. The Morgan fingerprint density at radius 2 is 2.15 bits per heavy atom. The zero-order valence-electron chi connectivity index (χ0n) is 7.21. The number of nitrogens with zero attached hydrogens (tertiary/aromatic N) is 1. The Labute approximate surface area is 81.6 Å². The van der Waals surface area contributed by atoms with Crippen LogP contribution in [0.3, 0.4) is 0 Å². The molecule has 0 fully saturated rings. The largest absolute Gasteiger partial charge is 0.373 e. The van der Waals surface area contributed by atoms with E-state index in [4.69, 9.17) is 11.6 Å². The number of halogens is 1. The van der Waals surface area contributed by atoms with Crippen LogP contribution in [0.4, 0.5) is 5.82 Å². The maximum absolute atomic E-state index is 5.89. The average molecular weight is 193 g/mol. The summed E-state index contributed by atoms with van der Waals surface area (Å²) in [5.74, 6) is 0.861. The van der Waals surface area contributed by atoms with Crippen molar-refractivity contribution in [3.8, 4) is 0 Å². The fraction of sp³-hybridized carbons (Fsp3) is 0.100. The molecule has 0 spiro atoms. The van der Waals surface area contributed by atoms with Gasteiger partial charge in [0.25, 0.3) is 0 Å². The number of benzene rings is 1. The summed E-state index contributed by atoms with van der Waals surface area (Å²) in [6.07, 6.45) is 1.78. The summed E-state index contributed by atoms with van der Waals surface area (Å²) in [7, 11) is 1.85. The second-order valence-electron chi connectivity index (χ2n) is 2.78. The summed E-state index contributed by atoms with van der Waals surface area (Å²) in [5, 5.41) is 5.96. The van der Waals surface area contributed by atoms with E-state index >= 15 is 0 Å². The second-order valence-corrected chi connectivity index (χ2v) is 3.21. The van der Waals surface area contributed by atoms with E-state index in [2.05, 4.69) is 10.3 Å². The molecule has 0 radical (unpaired) electrons. The van der Waals surface area contributed by atoms with Crippen LogP contribution >= 0.6 is 11.6 Å². The molecule has 1 aromatic heterocycles. The Kier molecular flexibility index (Phi) is 2.07. The Morgan fingerprint density at radius 1 is 1.31 bits per heavy atom. The molecular weight excluding hydrogens is 184 g/mol. The van der Waals surface area contributed by atoms with Gasteiger partial charge >= 0.3 is 0 Å². The Morgan fingerprint density at radius 3 is 2.92 bits per heavy atom. The first-order chi connectivity index (χ1) is 6.31. The highest BCUT2D eigenvalue weighted by Gasteiger charge is 1.99. The number of fused-ring (bicyclic) bond motifs is 1. The van der Waals surface area contributed by atoms with E-state index in [1.165, 1.54) is 0 Å². The van der Waals surface area contributed by atoms with Crippen molar-refractivity contribution < 1.29 is 0 Å². The zero-order valence-corrected chi connectivity index (χ0v) is 7.97. The first-order valence-corrected chi connectivity index (χ1v) is 4.41. The van der Waals surface area contributed by atoms with Gasteiger partial charge in [-0.2, -0.15) is 0 Å². The fourth-order valence-electron chi connectivity index (χ4n) is 1.34. The molecule has 1 heterocycles. The lowest BCUT2D eigenvalue weighted by atomic mass is 10.1. The topological polar surface area (TPSA) is 24.9 Å². The van der Waals surface area contributed by atoms with Crippen LogP contribution in [0.1, 0.15) is 0 Å². The minimum atomic E-state index is 0.733. The van der Waals surface area contributed by atoms with Gasteiger partial charge in [-0.15, -0.1) is 0 Å². The molecule has 3 heteroatoms. The SMILES string of the molecule is CNc1nccc2ccc(Cl)cc12. The molecule has 2 aromatic rings. The molecule has 1 N–H and O–H groups in total. The maximum atomic E-state index is 5.89. The molecule has 0 saturated heterocycles. The van der Waals surface area contributed by atoms with Crippen LogP contribution in [-0.4, -0.2) is 12.0 Å². The molecule has 0 aliphatic rings. The third-order valence-electron chi connectivity index (χ3n) is 1.96. The van der Waals surface area contributed by atoms with Crippen LogP contribution in [-0.2, 0) is 0 Å². The van der Waals surface area contributed by atoms with Crippen LogP contribution in [0.2, 0.25) is 5.02 Å². The smallest absolute Gasteiger partial charge is 0.133 e. The van der Waals surface area contributed by atoms with Crippen LogP contribution in [0.5, 0.6) is 0 Å². The molecule has 66 valence electrons. The lowest BCUT2D eigenvalue weighted by Crippen LogP contribution is -1.92. The van der Waals surface area contributed by atoms with E-state index < -0.39 is 0 Å². The van der Waals surface area contributed by atoms with E-state index in [0.717, 1.165) is 21.6 Å². The number of hydrogen-bond acceptors (Lipinski definition) is 2. The fourth-order valence-corrected chi connectivity index (χ4v) is 1.51. The van der Waals surface area contributed by atoms with Gasteiger partial charge in [-0.1, -0.05) is 17.7 Å². The van der Waals surface area contributed by atoms with Gasteiger partial charge in [0, 0.05) is 23.7 Å². The standard InChI is InChI=1S/C10H9ClN2/c1-12-10-9-6-8(11)3-2-7(9)4-5-13-10/h2-6H,1H3,(H,12,13). The van der Waals surface area contributed by atoms with Crippen LogP contribution in [0.15, 0.2) is 30.5 Å². The summed E-state index contributed by atoms with van der Waals surface area (Å²) in [6, 6.07) is 7.74. The van der Waals surface area contributed by atoms with Crippen LogP contribution < -0.4 is 5.32 Å². The number of anilines is 1. The van der Waals surface area contributed by atoms with Gasteiger partial charge in [0.05, 0.1) is 0 Å². The van der Waals surface area contributed by atoms with Gasteiger partial charge in [-0.05, 0) is 23.6 Å². The van der Waals surface area contributed by atoms with Crippen LogP contribution in [0.25, 0.3) is 10.8 Å². The van der Waals surface area contributed by atoms with Crippen molar-refractivity contribution >= 4 is 28.2 Å². The molecule has 2 rings (SSSR count). The van der Waals surface area contributed by atoms with Crippen molar-refractivity contribution in [1.29, 1.82) is 0 Å². The Bertz CT molecular complexity index is 440. The van der Waals surface area contributed by atoms with E-state index in [1.807, 2.05) is 31.3 Å². The number of aromatic nitrogens is 1. The zero-order chi connectivity index (χ0) is 9.26. The van der Waals surface area contributed by atoms with Gasteiger partial charge in [0.15, 0.2) is 0 Å². The lowest BCUT2D eigenvalue weighted by molar-refractivity contribution is 1.32. The van der Waals surface area contributed by atoms with Crippen molar-refractivity contribution in [2.75, 3.05) is 12.4 Å². The Hall–Kier alpha value is -1.28. The lowest BCUT2D eigenvalue weighted by Gasteiger charge is -2.04. The summed E-state index contributed by atoms with van der Waals surface area (Å²) < 4.78 is 0. The summed E-state index contributed by atoms with van der Waals surface area (Å²) >= 11 is 5.89. The minimum absolute atomic E-state index is 0.733. The Balaban J connectivity index is 2.79. The molecule has 2 nitrogen and oxygen atoms in total. The van der Waals surface area contributed by atoms with Gasteiger partial charge in [-0.3, -0.25) is 0 Å². The quantitative estimate of drug-likeness (QED) is 0.752. The monoisotopic (exact) mass is 192 g/mol. The third-order valence-corrected chi connectivity index (χ3v) is 2.20. The van der Waals surface area contributed by atoms with Crippen molar-refractivity contribution in [1.82, 2.24) is 4.98 Å². The van der Waals surface area contributed by atoms with E-state index in [9.17, 15) is 0 Å². The van der Waals surface area contributed by atoms with Crippen LogP contribution in [0, 0.1) is 0 Å². The summed E-state index contributed by atoms with van der Waals surface area (Å²) in [5.41, 5.74) is 0. The molecular formula is C10H9ClN2. The average Bonchev–Trinajstić information content (AvgIpc) is 2.17. The second kappa shape index (κ2) is 3.23. The molecule has 0 saturated carbocycles. The molecule has 0 unspecified atom stereocenters. The predicted molar refractivity (Wildman–Crippen MR) is 56.3 cm³/mol. The van der Waals surface area contributed by atoms with Gasteiger partial charge in [0.2, 0.25) is 0 Å². The van der Waals surface area contributed by atoms with E-state index in [-0.39, 0.29) is 0 Å². The minimum Gasteiger partial charge on any atom is -0.373 e. The highest BCUT2D eigenvalue weighted by Crippen LogP contribution is 2.23. The molecule has 0 amide bonds. The van der Waals surface area contributed by atoms with E-state index in [1.54, 1.807) is 6.20 Å². The highest BCUT2D eigenvalue weighted by molar-refractivity contribution is 6.31. The third kappa shape index (κ3) is 1.45. The van der Waals surface area contributed by atoms with Gasteiger partial charge < -0.3 is 5.32 Å². The highest BCUT2D eigenvalue weighted by atomic mass is 35.5. The van der Waals surface area contributed by atoms with E-state index in [0.29, 0.717) is 0 Å². The molecule has 1 aromatic carbocycles. The number of nitrogens with one attached hydrogen (secondary N) is 1. The van der Waals surface area contributed by atoms with Crippen molar-refractivity contribution in [3.05, 3.63) is 35.5 Å². The number of pyridine rings is 1. The number of hydrogen-bond donors (Lipinski definition) is 1. The first-order valence-electron chi connectivity index (χ1n) is 4.03. The molecule has 0 aliphatic carbocycles. The summed E-state index contributed by atoms with van der Waals surface area (Å²) in [4.78, 5) is 4.20.